The van der Waals surface area contributed by atoms with E-state index in [0.29, 0.717) is 24.4 Å². The zero-order chi connectivity index (χ0) is 19.0. The van der Waals surface area contributed by atoms with Crippen molar-refractivity contribution in [2.45, 2.75) is 29.8 Å². The molecule has 140 valence electrons. The Hall–Kier alpha value is -2.94. The fourth-order valence-electron chi connectivity index (χ4n) is 3.09. The molecule has 1 N–H and O–H groups in total. The summed E-state index contributed by atoms with van der Waals surface area (Å²) in [5.74, 6) is 0.123. The van der Waals surface area contributed by atoms with Crippen molar-refractivity contribution in [3.05, 3.63) is 54.2 Å². The van der Waals surface area contributed by atoms with Crippen LogP contribution in [0.25, 0.3) is 5.65 Å². The van der Waals surface area contributed by atoms with Gasteiger partial charge in [0, 0.05) is 18.2 Å². The van der Waals surface area contributed by atoms with Gasteiger partial charge in [0.15, 0.2) is 5.65 Å². The summed E-state index contributed by atoms with van der Waals surface area (Å²) in [6.45, 7) is 1.82. The van der Waals surface area contributed by atoms with Gasteiger partial charge in [0.25, 0.3) is 5.16 Å². The van der Waals surface area contributed by atoms with Gasteiger partial charge >= 0.3 is 0 Å². The fourth-order valence-corrected chi connectivity index (χ4v) is 4.34. The Balaban J connectivity index is 1.59. The van der Waals surface area contributed by atoms with Gasteiger partial charge in [0.05, 0.1) is 12.6 Å². The molecule has 1 aliphatic heterocycles. The zero-order valence-corrected chi connectivity index (χ0v) is 15.4. The number of pyridine rings is 1. The van der Waals surface area contributed by atoms with Crippen LogP contribution in [0.1, 0.15) is 24.9 Å². The van der Waals surface area contributed by atoms with E-state index in [1.165, 1.54) is 11.3 Å². The number of fused-ring (bicyclic) bond motifs is 2. The Kier molecular flexibility index (Phi) is 4.31. The van der Waals surface area contributed by atoms with E-state index in [1.54, 1.807) is 24.4 Å². The number of benzene rings is 1. The number of carbonyl (C=O) groups excluding carboxylic acids is 1. The topological polar surface area (TPSA) is 103 Å². The summed E-state index contributed by atoms with van der Waals surface area (Å²) in [7, 11) is -4.00. The molecule has 4 rings (SSSR count). The molecule has 3 heterocycles. The first-order valence-corrected chi connectivity index (χ1v) is 10.1. The Labute approximate surface area is 156 Å². The summed E-state index contributed by atoms with van der Waals surface area (Å²) >= 11 is 0. The average molecular weight is 386 g/mol. The third kappa shape index (κ3) is 3.03. The van der Waals surface area contributed by atoms with Crippen molar-refractivity contribution in [1.82, 2.24) is 19.9 Å². The monoisotopic (exact) mass is 386 g/mol. The summed E-state index contributed by atoms with van der Waals surface area (Å²) in [4.78, 5) is 12.7. The van der Waals surface area contributed by atoms with Crippen LogP contribution in [0.15, 0.2) is 53.8 Å². The molecule has 27 heavy (non-hydrogen) atoms. The number of hydrogen-bond donors (Lipinski definition) is 1. The number of sulfone groups is 1. The summed E-state index contributed by atoms with van der Waals surface area (Å²) in [5, 5.41) is 8.92. The molecule has 0 saturated carbocycles. The molecular weight excluding hydrogens is 368 g/mol. The zero-order valence-electron chi connectivity index (χ0n) is 14.6. The van der Waals surface area contributed by atoms with E-state index in [0.717, 1.165) is 5.56 Å². The number of para-hydroxylation sites is 1. The normalized spacial score (nSPS) is 17.7. The summed E-state index contributed by atoms with van der Waals surface area (Å²) in [6.07, 6.45) is 2.13. The van der Waals surface area contributed by atoms with Gasteiger partial charge in [-0.2, -0.15) is 0 Å². The van der Waals surface area contributed by atoms with Gasteiger partial charge < -0.3 is 10.1 Å². The molecule has 0 fully saturated rings. The first-order valence-electron chi connectivity index (χ1n) is 8.54. The number of nitrogens with one attached hydrogen (secondary N) is 1. The molecule has 9 heteroatoms. The standard InChI is InChI=1S/C18H18N4O4S/c1-12(27(24,25)18-21-20-16-8-4-5-10-22(16)18)17(23)19-14-9-11-26-15-7-3-2-6-13(14)15/h2-8,10,12,14H,9,11H2,1H3,(H,19,23). The Morgan fingerprint density at radius 2 is 2.00 bits per heavy atom. The maximum Gasteiger partial charge on any atom is 0.254 e. The lowest BCUT2D eigenvalue weighted by Gasteiger charge is -2.27. The number of hydrogen-bond acceptors (Lipinski definition) is 6. The highest BCUT2D eigenvalue weighted by Crippen LogP contribution is 2.31. The van der Waals surface area contributed by atoms with Gasteiger partial charge in [-0.05, 0) is 25.1 Å². The van der Waals surface area contributed by atoms with Gasteiger partial charge in [0.1, 0.15) is 11.0 Å². The highest BCUT2D eigenvalue weighted by Gasteiger charge is 2.35. The minimum absolute atomic E-state index is 0.242. The van der Waals surface area contributed by atoms with Crippen LogP contribution in [0.2, 0.25) is 0 Å². The van der Waals surface area contributed by atoms with Crippen molar-refractivity contribution >= 4 is 21.4 Å². The molecule has 0 spiro atoms. The van der Waals surface area contributed by atoms with Crippen LogP contribution in [0.3, 0.4) is 0 Å². The van der Waals surface area contributed by atoms with Crippen molar-refractivity contribution in [3.8, 4) is 5.75 Å². The van der Waals surface area contributed by atoms with E-state index in [-0.39, 0.29) is 11.2 Å². The third-order valence-electron chi connectivity index (χ3n) is 4.65. The first kappa shape index (κ1) is 17.5. The number of amides is 1. The van der Waals surface area contributed by atoms with Crippen molar-refractivity contribution in [3.63, 3.8) is 0 Å². The number of aromatic nitrogens is 3. The van der Waals surface area contributed by atoms with Crippen LogP contribution in [-0.2, 0) is 14.6 Å². The maximum atomic E-state index is 12.9. The van der Waals surface area contributed by atoms with Gasteiger partial charge in [-0.15, -0.1) is 10.2 Å². The fraction of sp³-hybridized carbons (Fsp3) is 0.278. The average Bonchev–Trinajstić information content (AvgIpc) is 3.12. The van der Waals surface area contributed by atoms with Crippen LogP contribution in [0.5, 0.6) is 5.75 Å². The van der Waals surface area contributed by atoms with Crippen molar-refractivity contribution in [1.29, 1.82) is 0 Å². The second kappa shape index (κ2) is 6.66. The SMILES string of the molecule is CC(C(=O)NC1CCOc2ccccc21)S(=O)(=O)c1nnc2ccccn12. The van der Waals surface area contributed by atoms with E-state index in [4.69, 9.17) is 4.74 Å². The Bertz CT molecular complexity index is 1110. The molecule has 3 aromatic rings. The lowest BCUT2D eigenvalue weighted by Crippen LogP contribution is -2.41. The Morgan fingerprint density at radius 3 is 2.85 bits per heavy atom. The molecule has 1 aromatic carbocycles. The minimum Gasteiger partial charge on any atom is -0.493 e. The Morgan fingerprint density at radius 1 is 1.22 bits per heavy atom. The van der Waals surface area contributed by atoms with E-state index >= 15 is 0 Å². The summed E-state index contributed by atoms with van der Waals surface area (Å²) in [6, 6.07) is 12.2. The first-order chi connectivity index (χ1) is 13.0. The van der Waals surface area contributed by atoms with Crippen LogP contribution in [-0.4, -0.2) is 40.8 Å². The molecule has 1 aliphatic rings. The number of ether oxygens (including phenoxy) is 1. The van der Waals surface area contributed by atoms with Gasteiger partial charge in [-0.1, -0.05) is 24.3 Å². The van der Waals surface area contributed by atoms with E-state index in [1.807, 2.05) is 24.3 Å². The number of rotatable bonds is 4. The highest BCUT2D eigenvalue weighted by atomic mass is 32.2. The molecular formula is C18H18N4O4S. The molecule has 1 amide bonds. The number of nitrogens with zero attached hydrogens (tertiary/aromatic N) is 3. The van der Waals surface area contributed by atoms with Gasteiger partial charge in [0.2, 0.25) is 15.7 Å². The van der Waals surface area contributed by atoms with Crippen LogP contribution < -0.4 is 10.1 Å². The third-order valence-corrected chi connectivity index (χ3v) is 6.58. The molecule has 8 nitrogen and oxygen atoms in total. The summed E-state index contributed by atoms with van der Waals surface area (Å²) in [5.41, 5.74) is 1.25. The van der Waals surface area contributed by atoms with E-state index in [2.05, 4.69) is 15.5 Å². The van der Waals surface area contributed by atoms with Gasteiger partial charge in [-0.25, -0.2) is 8.42 Å². The molecule has 0 bridgehead atoms. The van der Waals surface area contributed by atoms with Crippen molar-refractivity contribution < 1.29 is 17.9 Å². The van der Waals surface area contributed by atoms with Crippen molar-refractivity contribution in [2.75, 3.05) is 6.61 Å². The second-order valence-electron chi connectivity index (χ2n) is 6.33. The quantitative estimate of drug-likeness (QED) is 0.729. The highest BCUT2D eigenvalue weighted by molar-refractivity contribution is 7.92. The molecule has 0 saturated heterocycles. The lowest BCUT2D eigenvalue weighted by atomic mass is 10.0. The lowest BCUT2D eigenvalue weighted by molar-refractivity contribution is -0.121. The molecule has 2 aromatic heterocycles. The van der Waals surface area contributed by atoms with Crippen LogP contribution in [0, 0.1) is 0 Å². The second-order valence-corrected chi connectivity index (χ2v) is 8.50. The maximum absolute atomic E-state index is 12.9. The van der Waals surface area contributed by atoms with Crippen LogP contribution in [0.4, 0.5) is 0 Å². The van der Waals surface area contributed by atoms with Crippen LogP contribution >= 0.6 is 0 Å². The molecule has 0 aliphatic carbocycles. The smallest absolute Gasteiger partial charge is 0.254 e. The van der Waals surface area contributed by atoms with E-state index < -0.39 is 21.0 Å². The summed E-state index contributed by atoms with van der Waals surface area (Å²) < 4.78 is 32.8. The molecule has 2 atom stereocenters. The predicted molar refractivity (Wildman–Crippen MR) is 97.1 cm³/mol. The predicted octanol–water partition coefficient (Wildman–Crippen LogP) is 1.53. The van der Waals surface area contributed by atoms with Gasteiger partial charge in [-0.3, -0.25) is 9.20 Å². The largest absolute Gasteiger partial charge is 0.493 e. The minimum atomic E-state index is -4.00. The van der Waals surface area contributed by atoms with Crippen molar-refractivity contribution in [2.24, 2.45) is 0 Å². The molecule has 0 radical (unpaired) electrons. The van der Waals surface area contributed by atoms with E-state index in [9.17, 15) is 13.2 Å². The number of carbonyl (C=O) groups is 1. The molecule has 2 unspecified atom stereocenters.